The molecule has 5 heteroatoms. The van der Waals surface area contributed by atoms with Gasteiger partial charge in [-0.1, -0.05) is 44.4 Å². The van der Waals surface area contributed by atoms with Crippen molar-refractivity contribution in [3.63, 3.8) is 0 Å². The lowest BCUT2D eigenvalue weighted by Gasteiger charge is -2.25. The van der Waals surface area contributed by atoms with Crippen LogP contribution in [0.15, 0.2) is 35.3 Å². The van der Waals surface area contributed by atoms with Crippen LogP contribution in [0.25, 0.3) is 21.8 Å². The maximum absolute atomic E-state index is 13.5. The number of nitrogens with one attached hydrogen (secondary N) is 1. The van der Waals surface area contributed by atoms with Crippen LogP contribution in [-0.2, 0) is 7.05 Å². The Morgan fingerprint density at radius 3 is 2.64 bits per heavy atom. The summed E-state index contributed by atoms with van der Waals surface area (Å²) in [6.07, 6.45) is 8.20. The summed E-state index contributed by atoms with van der Waals surface area (Å²) < 4.78 is 3.79. The van der Waals surface area contributed by atoms with Crippen molar-refractivity contribution in [2.24, 2.45) is 7.05 Å². The molecule has 1 fully saturated rings. The van der Waals surface area contributed by atoms with Crippen LogP contribution in [0.5, 0.6) is 0 Å². The molecule has 4 rings (SSSR count). The van der Waals surface area contributed by atoms with Gasteiger partial charge in [0.15, 0.2) is 0 Å². The fourth-order valence-electron chi connectivity index (χ4n) is 4.51. The molecule has 0 spiro atoms. The number of aromatic nitrogens is 2. The molecule has 3 aromatic rings. The van der Waals surface area contributed by atoms with Crippen molar-refractivity contribution in [1.29, 1.82) is 0 Å². The highest BCUT2D eigenvalue weighted by atomic mass is 16.2. The van der Waals surface area contributed by atoms with E-state index in [1.165, 1.54) is 6.42 Å². The van der Waals surface area contributed by atoms with Crippen LogP contribution in [0.1, 0.15) is 68.8 Å². The number of carbonyl (C=O) groups is 1. The predicted molar refractivity (Wildman–Crippen MR) is 114 cm³/mol. The van der Waals surface area contributed by atoms with Crippen molar-refractivity contribution in [3.8, 4) is 0 Å². The summed E-state index contributed by atoms with van der Waals surface area (Å²) in [6, 6.07) is 8.22. The van der Waals surface area contributed by atoms with E-state index in [1.54, 1.807) is 0 Å². The molecule has 1 N–H and O–H groups in total. The number of aryl methyl sites for hydroxylation is 1. The van der Waals surface area contributed by atoms with Gasteiger partial charge in [0, 0.05) is 41.6 Å². The molecule has 148 valence electrons. The highest BCUT2D eigenvalue weighted by molar-refractivity contribution is 6.17. The number of pyridine rings is 1. The molecule has 0 aliphatic heterocycles. The molecule has 0 radical (unpaired) electrons. The van der Waals surface area contributed by atoms with Gasteiger partial charge < -0.3 is 14.5 Å². The number of rotatable bonds is 4. The van der Waals surface area contributed by atoms with Gasteiger partial charge in [0.05, 0.1) is 5.56 Å². The van der Waals surface area contributed by atoms with E-state index in [2.05, 4.69) is 12.2 Å². The fourth-order valence-corrected chi connectivity index (χ4v) is 4.51. The maximum Gasteiger partial charge on any atom is 0.275 e. The molecule has 5 nitrogen and oxygen atoms in total. The number of hydrogen-bond acceptors (Lipinski definition) is 2. The van der Waals surface area contributed by atoms with Crippen LogP contribution in [-0.4, -0.2) is 21.1 Å². The number of fused-ring (bicyclic) bond motifs is 3. The lowest BCUT2D eigenvalue weighted by Crippen LogP contribution is -2.34. The fraction of sp³-hybridized carbons (Fsp3) is 0.478. The maximum atomic E-state index is 13.5. The Morgan fingerprint density at radius 1 is 1.21 bits per heavy atom. The van der Waals surface area contributed by atoms with Gasteiger partial charge in [-0.05, 0) is 32.3 Å². The monoisotopic (exact) mass is 379 g/mol. The van der Waals surface area contributed by atoms with Gasteiger partial charge in [-0.25, -0.2) is 0 Å². The van der Waals surface area contributed by atoms with Crippen molar-refractivity contribution in [3.05, 3.63) is 46.4 Å². The number of benzene rings is 1. The minimum Gasteiger partial charge on any atom is -0.350 e. The summed E-state index contributed by atoms with van der Waals surface area (Å²) in [5, 5.41) is 4.83. The van der Waals surface area contributed by atoms with Crippen molar-refractivity contribution in [1.82, 2.24) is 14.5 Å². The number of nitrogens with zero attached hydrogens (tertiary/aromatic N) is 2. The Morgan fingerprint density at radius 2 is 1.93 bits per heavy atom. The van der Waals surface area contributed by atoms with Crippen LogP contribution >= 0.6 is 0 Å². The molecule has 2 heterocycles. The summed E-state index contributed by atoms with van der Waals surface area (Å²) in [5.41, 5.74) is 2.23. The average Bonchev–Trinajstić information content (AvgIpc) is 3.02. The van der Waals surface area contributed by atoms with Gasteiger partial charge in [0.25, 0.3) is 11.5 Å². The Hall–Kier alpha value is -2.56. The third kappa shape index (κ3) is 3.03. The van der Waals surface area contributed by atoms with Crippen molar-refractivity contribution in [2.75, 3.05) is 0 Å². The van der Waals surface area contributed by atoms with E-state index >= 15 is 0 Å². The third-order valence-corrected chi connectivity index (χ3v) is 6.28. The third-order valence-electron chi connectivity index (χ3n) is 6.28. The average molecular weight is 380 g/mol. The summed E-state index contributed by atoms with van der Waals surface area (Å²) >= 11 is 0. The first-order chi connectivity index (χ1) is 13.5. The van der Waals surface area contributed by atoms with E-state index in [9.17, 15) is 9.59 Å². The zero-order valence-corrected chi connectivity index (χ0v) is 17.0. The molecule has 1 saturated carbocycles. The van der Waals surface area contributed by atoms with E-state index in [1.807, 2.05) is 53.6 Å². The summed E-state index contributed by atoms with van der Waals surface area (Å²) in [7, 11) is 1.92. The standard InChI is InChI=1S/C23H29N3O2/c1-4-15(2)24-22(27)18-14-26(16-10-6-5-7-11-16)23(28)21-20(18)17-12-8-9-13-19(17)25(21)3/h8-9,12-16H,4-7,10-11H2,1-3H3,(H,24,27)/t15-/m0/s1. The van der Waals surface area contributed by atoms with Crippen LogP contribution < -0.4 is 10.9 Å². The van der Waals surface area contributed by atoms with E-state index < -0.39 is 0 Å². The summed E-state index contributed by atoms with van der Waals surface area (Å²) in [4.78, 5) is 26.7. The smallest absolute Gasteiger partial charge is 0.275 e. The predicted octanol–water partition coefficient (Wildman–Crippen LogP) is 4.53. The Labute approximate surface area is 165 Å². The molecular formula is C23H29N3O2. The molecule has 1 atom stereocenters. The van der Waals surface area contributed by atoms with Crippen LogP contribution in [0, 0.1) is 0 Å². The molecule has 0 bridgehead atoms. The Bertz CT molecular complexity index is 1090. The van der Waals surface area contributed by atoms with E-state index in [0.29, 0.717) is 11.1 Å². The Balaban J connectivity index is 2.01. The minimum absolute atomic E-state index is 0.0145. The largest absolute Gasteiger partial charge is 0.350 e. The first-order valence-electron chi connectivity index (χ1n) is 10.5. The highest BCUT2D eigenvalue weighted by Gasteiger charge is 2.25. The van der Waals surface area contributed by atoms with Crippen LogP contribution in [0.2, 0.25) is 0 Å². The SMILES string of the molecule is CC[C@H](C)NC(=O)c1cn(C2CCCCC2)c(=O)c2c1c1ccccc1n2C. The molecule has 0 unspecified atom stereocenters. The Kier molecular flexibility index (Phi) is 5.00. The lowest BCUT2D eigenvalue weighted by atomic mass is 9.95. The normalized spacial score (nSPS) is 16.5. The molecule has 2 aromatic heterocycles. The summed E-state index contributed by atoms with van der Waals surface area (Å²) in [6.45, 7) is 4.07. The molecule has 1 aromatic carbocycles. The minimum atomic E-state index is -0.0970. The number of carbonyl (C=O) groups excluding carboxylic acids is 1. The second-order valence-electron chi connectivity index (χ2n) is 8.13. The van der Waals surface area contributed by atoms with Crippen molar-refractivity contribution < 1.29 is 4.79 Å². The van der Waals surface area contributed by atoms with Gasteiger partial charge in [-0.15, -0.1) is 0 Å². The van der Waals surface area contributed by atoms with Crippen LogP contribution in [0.4, 0.5) is 0 Å². The lowest BCUT2D eigenvalue weighted by molar-refractivity contribution is 0.0940. The first-order valence-corrected chi connectivity index (χ1v) is 10.5. The first kappa shape index (κ1) is 18.8. The molecule has 1 aliphatic rings. The van der Waals surface area contributed by atoms with E-state index in [4.69, 9.17) is 0 Å². The zero-order valence-electron chi connectivity index (χ0n) is 17.0. The van der Waals surface area contributed by atoms with E-state index in [0.717, 1.165) is 48.4 Å². The van der Waals surface area contributed by atoms with Gasteiger partial charge >= 0.3 is 0 Å². The van der Waals surface area contributed by atoms with E-state index in [-0.39, 0.29) is 23.6 Å². The number of para-hydroxylation sites is 1. The molecule has 0 saturated heterocycles. The quantitative estimate of drug-likeness (QED) is 0.724. The zero-order chi connectivity index (χ0) is 19.8. The van der Waals surface area contributed by atoms with Gasteiger partial charge in [-0.2, -0.15) is 0 Å². The van der Waals surface area contributed by atoms with Crippen LogP contribution in [0.3, 0.4) is 0 Å². The van der Waals surface area contributed by atoms with Gasteiger partial charge in [0.2, 0.25) is 0 Å². The number of amides is 1. The van der Waals surface area contributed by atoms with Crippen molar-refractivity contribution >= 4 is 27.7 Å². The highest BCUT2D eigenvalue weighted by Crippen LogP contribution is 2.32. The molecule has 1 aliphatic carbocycles. The number of hydrogen-bond donors (Lipinski definition) is 1. The molecule has 28 heavy (non-hydrogen) atoms. The van der Waals surface area contributed by atoms with Gasteiger partial charge in [0.1, 0.15) is 5.52 Å². The molecule has 1 amide bonds. The second kappa shape index (κ2) is 7.46. The topological polar surface area (TPSA) is 56.0 Å². The molecular weight excluding hydrogens is 350 g/mol. The van der Waals surface area contributed by atoms with Crippen molar-refractivity contribution in [2.45, 2.75) is 64.5 Å². The second-order valence-corrected chi connectivity index (χ2v) is 8.13. The van der Waals surface area contributed by atoms with Gasteiger partial charge in [-0.3, -0.25) is 9.59 Å². The summed E-state index contributed by atoms with van der Waals surface area (Å²) in [5.74, 6) is -0.0970.